The zero-order chi connectivity index (χ0) is 13.7. The largest absolute Gasteiger partial charge is 0.489 e. The van der Waals surface area contributed by atoms with Crippen molar-refractivity contribution in [1.29, 1.82) is 0 Å². The Morgan fingerprint density at radius 3 is 2.53 bits per heavy atom. The summed E-state index contributed by atoms with van der Waals surface area (Å²) in [6, 6.07) is 13.3. The number of ether oxygens (including phenoxy) is 1. The first-order valence-electron chi connectivity index (χ1n) is 5.88. The predicted octanol–water partition coefficient (Wildman–Crippen LogP) is 2.43. The molecule has 2 rings (SSSR count). The van der Waals surface area contributed by atoms with Gasteiger partial charge < -0.3 is 10.5 Å². The first kappa shape index (κ1) is 13.1. The molecule has 0 aliphatic heterocycles. The van der Waals surface area contributed by atoms with Crippen molar-refractivity contribution in [3.05, 3.63) is 65.5 Å². The van der Waals surface area contributed by atoms with Crippen LogP contribution in [-0.2, 0) is 17.8 Å². The zero-order valence-corrected chi connectivity index (χ0v) is 10.3. The Bertz CT molecular complexity index is 567. The normalized spacial score (nSPS) is 10.2. The molecule has 0 aliphatic carbocycles. The smallest absolute Gasteiger partial charge is 0.221 e. The van der Waals surface area contributed by atoms with Crippen LogP contribution in [0.5, 0.6) is 5.75 Å². The van der Waals surface area contributed by atoms with Crippen LogP contribution >= 0.6 is 0 Å². The van der Waals surface area contributed by atoms with Crippen molar-refractivity contribution in [3.63, 3.8) is 0 Å². The van der Waals surface area contributed by atoms with Gasteiger partial charge in [0.05, 0.1) is 6.42 Å². The van der Waals surface area contributed by atoms with E-state index in [1.54, 1.807) is 30.3 Å². The molecule has 19 heavy (non-hydrogen) atoms. The number of hydrogen-bond donors (Lipinski definition) is 1. The Hall–Kier alpha value is -2.36. The van der Waals surface area contributed by atoms with Crippen LogP contribution in [0.15, 0.2) is 48.5 Å². The van der Waals surface area contributed by atoms with Crippen molar-refractivity contribution in [1.82, 2.24) is 0 Å². The summed E-state index contributed by atoms with van der Waals surface area (Å²) in [7, 11) is 0. The molecule has 2 N–H and O–H groups in total. The molecule has 4 heteroatoms. The highest BCUT2D eigenvalue weighted by Gasteiger charge is 2.01. The first-order chi connectivity index (χ1) is 9.13. The fourth-order valence-electron chi connectivity index (χ4n) is 1.69. The highest BCUT2D eigenvalue weighted by atomic mass is 19.1. The second-order valence-electron chi connectivity index (χ2n) is 4.21. The molecule has 0 radical (unpaired) electrons. The lowest BCUT2D eigenvalue weighted by atomic mass is 10.1. The van der Waals surface area contributed by atoms with Crippen LogP contribution in [0.1, 0.15) is 11.1 Å². The highest BCUT2D eigenvalue weighted by molar-refractivity contribution is 5.76. The lowest BCUT2D eigenvalue weighted by Crippen LogP contribution is -2.13. The van der Waals surface area contributed by atoms with Crippen LogP contribution in [0.3, 0.4) is 0 Å². The minimum Gasteiger partial charge on any atom is -0.489 e. The number of primary amides is 1. The van der Waals surface area contributed by atoms with E-state index in [-0.39, 0.29) is 18.1 Å². The van der Waals surface area contributed by atoms with Crippen LogP contribution in [-0.4, -0.2) is 5.91 Å². The molecule has 0 fully saturated rings. The Labute approximate surface area is 110 Å². The molecule has 2 aromatic carbocycles. The van der Waals surface area contributed by atoms with Crippen molar-refractivity contribution in [3.8, 4) is 5.75 Å². The van der Waals surface area contributed by atoms with Gasteiger partial charge in [-0.2, -0.15) is 0 Å². The van der Waals surface area contributed by atoms with E-state index in [9.17, 15) is 9.18 Å². The standard InChI is InChI=1S/C15H14FNO2/c16-13-6-4-11(5-7-13)10-19-14-3-1-2-12(8-14)9-15(17)18/h1-8H,9-10H2,(H2,17,18). The van der Waals surface area contributed by atoms with Crippen molar-refractivity contribution >= 4 is 5.91 Å². The van der Waals surface area contributed by atoms with Crippen LogP contribution < -0.4 is 10.5 Å². The van der Waals surface area contributed by atoms with Crippen molar-refractivity contribution in [2.45, 2.75) is 13.0 Å². The SMILES string of the molecule is NC(=O)Cc1cccc(OCc2ccc(F)cc2)c1. The summed E-state index contributed by atoms with van der Waals surface area (Å²) in [4.78, 5) is 10.8. The van der Waals surface area contributed by atoms with Crippen molar-refractivity contribution < 1.29 is 13.9 Å². The Kier molecular flexibility index (Phi) is 4.13. The molecule has 0 bridgehead atoms. The molecule has 0 aromatic heterocycles. The Morgan fingerprint density at radius 2 is 1.84 bits per heavy atom. The maximum Gasteiger partial charge on any atom is 0.221 e. The number of benzene rings is 2. The van der Waals surface area contributed by atoms with Gasteiger partial charge in [-0.25, -0.2) is 4.39 Å². The molecule has 0 spiro atoms. The van der Waals surface area contributed by atoms with Gasteiger partial charge in [0.25, 0.3) is 0 Å². The van der Waals surface area contributed by atoms with Crippen LogP contribution in [0, 0.1) is 5.82 Å². The molecular weight excluding hydrogens is 245 g/mol. The van der Waals surface area contributed by atoms with Gasteiger partial charge in [0.1, 0.15) is 18.2 Å². The van der Waals surface area contributed by atoms with Gasteiger partial charge in [-0.1, -0.05) is 24.3 Å². The second-order valence-corrected chi connectivity index (χ2v) is 4.21. The highest BCUT2D eigenvalue weighted by Crippen LogP contribution is 2.15. The van der Waals surface area contributed by atoms with Gasteiger partial charge in [-0.15, -0.1) is 0 Å². The minimum absolute atomic E-state index is 0.188. The molecule has 0 atom stereocenters. The van der Waals surface area contributed by atoms with Crippen molar-refractivity contribution in [2.75, 3.05) is 0 Å². The Balaban J connectivity index is 1.99. The van der Waals surface area contributed by atoms with Gasteiger partial charge in [-0.05, 0) is 35.4 Å². The number of hydrogen-bond acceptors (Lipinski definition) is 2. The molecule has 0 saturated heterocycles. The maximum atomic E-state index is 12.7. The summed E-state index contributed by atoms with van der Waals surface area (Å²) >= 11 is 0. The van der Waals surface area contributed by atoms with Crippen LogP contribution in [0.2, 0.25) is 0 Å². The van der Waals surface area contributed by atoms with Crippen LogP contribution in [0.25, 0.3) is 0 Å². The molecule has 98 valence electrons. The summed E-state index contributed by atoms with van der Waals surface area (Å²) in [5, 5.41) is 0. The van der Waals surface area contributed by atoms with Crippen molar-refractivity contribution in [2.24, 2.45) is 5.73 Å². The number of carbonyl (C=O) groups excluding carboxylic acids is 1. The molecule has 0 heterocycles. The van der Waals surface area contributed by atoms with E-state index in [0.717, 1.165) is 11.1 Å². The van der Waals surface area contributed by atoms with E-state index in [1.807, 2.05) is 6.07 Å². The summed E-state index contributed by atoms with van der Waals surface area (Å²) in [5.41, 5.74) is 6.82. The fourth-order valence-corrected chi connectivity index (χ4v) is 1.69. The molecule has 1 amide bonds. The lowest BCUT2D eigenvalue weighted by molar-refractivity contribution is -0.117. The number of carbonyl (C=O) groups is 1. The molecule has 0 unspecified atom stereocenters. The zero-order valence-electron chi connectivity index (χ0n) is 10.3. The minimum atomic E-state index is -0.379. The summed E-state index contributed by atoms with van der Waals surface area (Å²) in [5.74, 6) is 0.00552. The monoisotopic (exact) mass is 259 g/mol. The van der Waals surface area contributed by atoms with E-state index in [0.29, 0.717) is 12.4 Å². The fraction of sp³-hybridized carbons (Fsp3) is 0.133. The van der Waals surface area contributed by atoms with E-state index >= 15 is 0 Å². The number of rotatable bonds is 5. The molecule has 3 nitrogen and oxygen atoms in total. The number of amides is 1. The maximum absolute atomic E-state index is 12.7. The van der Waals surface area contributed by atoms with Gasteiger partial charge in [0.15, 0.2) is 0 Å². The summed E-state index contributed by atoms with van der Waals surface area (Å²) in [6.07, 6.45) is 0.188. The molecular formula is C15H14FNO2. The summed E-state index contributed by atoms with van der Waals surface area (Å²) in [6.45, 7) is 0.348. The average Bonchev–Trinajstić information content (AvgIpc) is 2.38. The van der Waals surface area contributed by atoms with E-state index in [4.69, 9.17) is 10.5 Å². The molecule has 2 aromatic rings. The summed E-state index contributed by atoms with van der Waals surface area (Å²) < 4.78 is 18.3. The van der Waals surface area contributed by atoms with E-state index in [1.165, 1.54) is 12.1 Å². The third kappa shape index (κ3) is 4.10. The van der Waals surface area contributed by atoms with Gasteiger partial charge >= 0.3 is 0 Å². The van der Waals surface area contributed by atoms with E-state index < -0.39 is 0 Å². The number of halogens is 1. The van der Waals surface area contributed by atoms with Gasteiger partial charge in [0.2, 0.25) is 5.91 Å². The number of nitrogens with two attached hydrogens (primary N) is 1. The Morgan fingerprint density at radius 1 is 1.11 bits per heavy atom. The second kappa shape index (κ2) is 6.00. The van der Waals surface area contributed by atoms with Gasteiger partial charge in [-0.3, -0.25) is 4.79 Å². The topological polar surface area (TPSA) is 52.3 Å². The average molecular weight is 259 g/mol. The molecule has 0 aliphatic rings. The third-order valence-corrected chi connectivity index (χ3v) is 2.60. The van der Waals surface area contributed by atoms with Gasteiger partial charge in [0, 0.05) is 0 Å². The lowest BCUT2D eigenvalue weighted by Gasteiger charge is -2.07. The quantitative estimate of drug-likeness (QED) is 0.896. The molecule has 0 saturated carbocycles. The predicted molar refractivity (Wildman–Crippen MR) is 70.1 cm³/mol. The third-order valence-electron chi connectivity index (χ3n) is 2.60. The van der Waals surface area contributed by atoms with E-state index in [2.05, 4.69) is 0 Å². The first-order valence-corrected chi connectivity index (χ1v) is 5.88. The van der Waals surface area contributed by atoms with Crippen LogP contribution in [0.4, 0.5) is 4.39 Å².